The Balaban J connectivity index is 4.26. The Kier molecular flexibility index (Phi) is 21.0. The summed E-state index contributed by atoms with van der Waals surface area (Å²) in [5.74, 6) is -0.368. The second-order valence-corrected chi connectivity index (χ2v) is 11.9. The first kappa shape index (κ1) is 35.4. The molecule has 0 spiro atoms. The largest absolute Gasteiger partial charge is 0.373 e. The van der Waals surface area contributed by atoms with Crippen LogP contribution in [0.2, 0.25) is 0 Å². The van der Waals surface area contributed by atoms with Crippen LogP contribution in [0.3, 0.4) is 0 Å². The first-order chi connectivity index (χ1) is 17.0. The second kappa shape index (κ2) is 21.4. The van der Waals surface area contributed by atoms with Crippen molar-refractivity contribution >= 4 is 15.9 Å². The van der Waals surface area contributed by atoms with Crippen molar-refractivity contribution in [1.29, 1.82) is 0 Å². The normalized spacial score (nSPS) is 15.5. The van der Waals surface area contributed by atoms with Crippen molar-refractivity contribution in [1.82, 2.24) is 0 Å². The summed E-state index contributed by atoms with van der Waals surface area (Å²) < 4.78 is 47.7. The van der Waals surface area contributed by atoms with Crippen molar-refractivity contribution in [3.05, 3.63) is 0 Å². The van der Waals surface area contributed by atoms with Crippen molar-refractivity contribution in [2.45, 2.75) is 117 Å². The van der Waals surface area contributed by atoms with Crippen LogP contribution >= 0.6 is 0 Å². The Morgan fingerprint density at radius 3 is 2.00 bits per heavy atom. The number of ether oxygens (including phenoxy) is 3. The maximum absolute atomic E-state index is 12.4. The van der Waals surface area contributed by atoms with Crippen molar-refractivity contribution in [3.8, 4) is 0 Å². The van der Waals surface area contributed by atoms with Crippen molar-refractivity contribution in [2.75, 3.05) is 52.4 Å². The molecule has 36 heavy (non-hydrogen) atoms. The van der Waals surface area contributed by atoms with Gasteiger partial charge in [0.25, 0.3) is 10.1 Å². The van der Waals surface area contributed by atoms with Crippen LogP contribution in [-0.4, -0.2) is 87.9 Å². The van der Waals surface area contributed by atoms with E-state index in [1.807, 2.05) is 6.92 Å². The monoisotopic (exact) mass is 538 g/mol. The second-order valence-electron chi connectivity index (χ2n) is 10.5. The molecule has 0 fully saturated rings. The van der Waals surface area contributed by atoms with Gasteiger partial charge in [0.1, 0.15) is 25.0 Å². The topological polar surface area (TPSA) is 99.1 Å². The van der Waals surface area contributed by atoms with Gasteiger partial charge in [0.15, 0.2) is 5.94 Å². The Morgan fingerprint density at radius 1 is 0.833 bits per heavy atom. The van der Waals surface area contributed by atoms with Gasteiger partial charge in [0.2, 0.25) is 0 Å². The van der Waals surface area contributed by atoms with Gasteiger partial charge in [-0.25, -0.2) is 0 Å². The molecule has 0 bridgehead atoms. The fraction of sp³-hybridized carbons (Fsp3) is 0.963. The van der Waals surface area contributed by atoms with Gasteiger partial charge in [-0.3, -0.25) is 9.35 Å². The molecule has 8 nitrogen and oxygen atoms in total. The lowest BCUT2D eigenvalue weighted by Gasteiger charge is -2.36. The molecule has 1 N–H and O–H groups in total. The Morgan fingerprint density at radius 2 is 1.42 bits per heavy atom. The van der Waals surface area contributed by atoms with Crippen LogP contribution in [-0.2, 0) is 29.1 Å². The average Bonchev–Trinajstić information content (AvgIpc) is 2.79. The average molecular weight is 539 g/mol. The molecule has 216 valence electrons. The quantitative estimate of drug-likeness (QED) is 0.0895. The molecule has 0 saturated heterocycles. The molecule has 3 unspecified atom stereocenters. The first-order valence-corrected chi connectivity index (χ1v) is 15.7. The number of Topliss-reactive ketones (excluding diaryl/α,β-unsaturated/α-hetero) is 1. The van der Waals surface area contributed by atoms with Gasteiger partial charge in [-0.15, -0.1) is 0 Å². The van der Waals surface area contributed by atoms with E-state index in [0.717, 1.165) is 43.4 Å². The van der Waals surface area contributed by atoms with Gasteiger partial charge in [0, 0.05) is 25.9 Å². The third-order valence-corrected chi connectivity index (χ3v) is 6.93. The molecular formula is C27H56NO7S+. The number of unbranched alkanes of at least 4 members (excludes halogenated alkanes) is 8. The molecule has 0 aromatic carbocycles. The van der Waals surface area contributed by atoms with Gasteiger partial charge in [0.05, 0.1) is 32.9 Å². The molecule has 0 amide bonds. The maximum atomic E-state index is 12.4. The number of carbonyl (C=O) groups excluding carboxylic acids is 1. The predicted molar refractivity (Wildman–Crippen MR) is 146 cm³/mol. The lowest BCUT2D eigenvalue weighted by molar-refractivity contribution is -0.912. The third kappa shape index (κ3) is 22.6. The van der Waals surface area contributed by atoms with Crippen LogP contribution in [0.1, 0.15) is 105 Å². The predicted octanol–water partition coefficient (Wildman–Crippen LogP) is 5.40. The number of hydrogen-bond acceptors (Lipinski definition) is 6. The number of likely N-dealkylation sites (N-methyl/N-ethyl adjacent to an activating group) is 1. The maximum Gasteiger partial charge on any atom is 0.289 e. The van der Waals surface area contributed by atoms with Crippen molar-refractivity contribution in [3.63, 3.8) is 0 Å². The summed E-state index contributed by atoms with van der Waals surface area (Å²) in [5.41, 5.74) is 0. The smallest absolute Gasteiger partial charge is 0.289 e. The van der Waals surface area contributed by atoms with E-state index in [-0.39, 0.29) is 12.7 Å². The summed E-state index contributed by atoms with van der Waals surface area (Å²) in [6, 6.07) is 0. The van der Waals surface area contributed by atoms with Gasteiger partial charge in [-0.05, 0) is 27.2 Å². The van der Waals surface area contributed by atoms with E-state index >= 15 is 0 Å². The van der Waals surface area contributed by atoms with Gasteiger partial charge in [-0.1, -0.05) is 58.3 Å². The molecule has 0 aliphatic carbocycles. The van der Waals surface area contributed by atoms with E-state index in [0.29, 0.717) is 31.8 Å². The molecule has 0 rings (SSSR count). The highest BCUT2D eigenvalue weighted by Gasteiger charge is 2.25. The van der Waals surface area contributed by atoms with Crippen LogP contribution in [0, 0.1) is 0 Å². The minimum absolute atomic E-state index is 0.106. The molecule has 0 aromatic rings. The highest BCUT2D eigenvalue weighted by Crippen LogP contribution is 2.13. The summed E-state index contributed by atoms with van der Waals surface area (Å²) in [4.78, 5) is 12.4. The standard InChI is InChI=1S/C27H55NO7S/c1-6-8-9-10-11-12-13-14-15-17-27(29)18-16-19-28(5,22-25(3)34-7-2)20-21-33-23-26(4)35-24-36(30,31)32/h25-26H,6-24H2,1-5H3/p+1. The summed E-state index contributed by atoms with van der Waals surface area (Å²) in [6.07, 6.45) is 13.2. The first-order valence-electron chi connectivity index (χ1n) is 14.1. The lowest BCUT2D eigenvalue weighted by Crippen LogP contribution is -2.51. The van der Waals surface area contributed by atoms with Gasteiger partial charge >= 0.3 is 0 Å². The summed E-state index contributed by atoms with van der Waals surface area (Å²) in [7, 11) is -1.98. The highest BCUT2D eigenvalue weighted by atomic mass is 32.2. The van der Waals surface area contributed by atoms with Crippen LogP contribution in [0.5, 0.6) is 0 Å². The Bertz CT molecular complexity index is 644. The zero-order valence-electron chi connectivity index (χ0n) is 23.8. The minimum Gasteiger partial charge on any atom is -0.373 e. The number of quaternary nitrogens is 1. The highest BCUT2D eigenvalue weighted by molar-refractivity contribution is 7.85. The molecule has 0 radical (unpaired) electrons. The molecule has 0 aromatic heterocycles. The zero-order chi connectivity index (χ0) is 27.3. The molecule has 9 heteroatoms. The Hall–Kier alpha value is -0.580. The zero-order valence-corrected chi connectivity index (χ0v) is 24.7. The fourth-order valence-corrected chi connectivity index (χ4v) is 4.86. The Labute approximate surface area is 221 Å². The van der Waals surface area contributed by atoms with Crippen LogP contribution in [0.15, 0.2) is 0 Å². The van der Waals surface area contributed by atoms with E-state index in [4.69, 9.17) is 18.8 Å². The van der Waals surface area contributed by atoms with Crippen molar-refractivity contribution in [2.24, 2.45) is 0 Å². The van der Waals surface area contributed by atoms with E-state index in [9.17, 15) is 13.2 Å². The number of hydrogen-bond donors (Lipinski definition) is 1. The lowest BCUT2D eigenvalue weighted by atomic mass is 10.0. The van der Waals surface area contributed by atoms with Crippen LogP contribution in [0.4, 0.5) is 0 Å². The molecule has 0 aliphatic rings. The third-order valence-electron chi connectivity index (χ3n) is 6.49. The molecular weight excluding hydrogens is 482 g/mol. The number of ketones is 1. The van der Waals surface area contributed by atoms with Crippen LogP contribution in [0.25, 0.3) is 0 Å². The molecule has 0 heterocycles. The molecule has 3 atom stereocenters. The SMILES string of the molecule is CCCCCCCCCCCC(=O)CCC[N+](C)(CCOCC(C)OCS(=O)(=O)O)CC(C)OCC. The number of carbonyl (C=O) groups is 1. The number of rotatable bonds is 26. The van der Waals surface area contributed by atoms with Crippen molar-refractivity contribution < 1.29 is 36.5 Å². The molecule has 0 aliphatic heterocycles. The van der Waals surface area contributed by atoms with E-state index in [2.05, 4.69) is 20.9 Å². The van der Waals surface area contributed by atoms with Gasteiger partial charge in [-0.2, -0.15) is 8.42 Å². The fourth-order valence-electron chi connectivity index (χ4n) is 4.45. The summed E-state index contributed by atoms with van der Waals surface area (Å²) in [6.45, 7) is 11.9. The number of nitrogens with zero attached hydrogens (tertiary/aromatic N) is 1. The minimum atomic E-state index is -4.15. The van der Waals surface area contributed by atoms with E-state index in [1.54, 1.807) is 6.92 Å². The summed E-state index contributed by atoms with van der Waals surface area (Å²) in [5, 5.41) is 0. The molecule has 0 saturated carbocycles. The van der Waals surface area contributed by atoms with E-state index < -0.39 is 22.2 Å². The van der Waals surface area contributed by atoms with Crippen LogP contribution < -0.4 is 0 Å². The van der Waals surface area contributed by atoms with Gasteiger partial charge < -0.3 is 18.7 Å². The van der Waals surface area contributed by atoms with E-state index in [1.165, 1.54) is 44.9 Å². The summed E-state index contributed by atoms with van der Waals surface area (Å²) >= 11 is 0.